The molecule has 0 amide bonds. The molecule has 1 aliphatic rings. The summed E-state index contributed by atoms with van der Waals surface area (Å²) >= 11 is 9.77. The number of methoxy groups -OCH3 is 2. The van der Waals surface area contributed by atoms with Crippen LogP contribution in [0.3, 0.4) is 0 Å². The van der Waals surface area contributed by atoms with Crippen LogP contribution in [-0.4, -0.2) is 24.8 Å². The van der Waals surface area contributed by atoms with Crippen LogP contribution in [-0.2, 0) is 16.1 Å². The van der Waals surface area contributed by atoms with E-state index in [9.17, 15) is 9.59 Å². The first kappa shape index (κ1) is 29.1. The zero-order chi connectivity index (χ0) is 29.1. The van der Waals surface area contributed by atoms with Gasteiger partial charge in [0.15, 0.2) is 16.3 Å². The standard InChI is InChI=1S/C31H26ClIN2O5S/c1-4-23-26(30(37)39-3)27(19-10-6-5-7-11-19)35-29(36)25(41-31(35)34-23)16-18-14-22(33)28(24(15-18)38-2)40-17-20-12-8-9-13-21(20)32/h5-16,27H,4,17H2,1-3H3/b25-16-/t27-/m1/s1. The molecule has 0 saturated heterocycles. The number of allylic oxidation sites excluding steroid dienone is 1. The molecule has 0 fully saturated rings. The van der Waals surface area contributed by atoms with E-state index >= 15 is 0 Å². The molecule has 41 heavy (non-hydrogen) atoms. The molecule has 210 valence electrons. The van der Waals surface area contributed by atoms with Gasteiger partial charge in [-0.05, 0) is 64.4 Å². The van der Waals surface area contributed by atoms with Crippen molar-refractivity contribution in [3.05, 3.63) is 123 Å². The van der Waals surface area contributed by atoms with Gasteiger partial charge >= 0.3 is 5.97 Å². The topological polar surface area (TPSA) is 79.1 Å². The van der Waals surface area contributed by atoms with E-state index in [1.54, 1.807) is 11.7 Å². The van der Waals surface area contributed by atoms with Gasteiger partial charge in [0.2, 0.25) is 0 Å². The number of benzene rings is 3. The first-order valence-corrected chi connectivity index (χ1v) is 15.0. The van der Waals surface area contributed by atoms with Crippen molar-refractivity contribution in [2.45, 2.75) is 26.0 Å². The molecule has 1 aliphatic heterocycles. The van der Waals surface area contributed by atoms with E-state index in [0.29, 0.717) is 43.5 Å². The van der Waals surface area contributed by atoms with E-state index in [0.717, 1.165) is 20.3 Å². The molecule has 5 rings (SSSR count). The van der Waals surface area contributed by atoms with Crippen molar-refractivity contribution in [3.8, 4) is 11.5 Å². The summed E-state index contributed by atoms with van der Waals surface area (Å²) in [5.41, 5.74) is 3.17. The minimum atomic E-state index is -0.646. The molecular formula is C31H26ClIN2O5S. The van der Waals surface area contributed by atoms with Gasteiger partial charge < -0.3 is 14.2 Å². The Balaban J connectivity index is 1.59. The summed E-state index contributed by atoms with van der Waals surface area (Å²) in [5, 5.41) is 0.629. The second-order valence-corrected chi connectivity index (χ2v) is 11.7. The highest BCUT2D eigenvalue weighted by Gasteiger charge is 2.33. The molecule has 10 heteroatoms. The predicted octanol–water partition coefficient (Wildman–Crippen LogP) is 5.64. The number of aromatic nitrogens is 1. The highest BCUT2D eigenvalue weighted by molar-refractivity contribution is 14.1. The van der Waals surface area contributed by atoms with Gasteiger partial charge in [-0.15, -0.1) is 0 Å². The molecule has 4 aromatic rings. The lowest BCUT2D eigenvalue weighted by Gasteiger charge is -2.25. The number of hydrogen-bond donors (Lipinski definition) is 0. The molecule has 0 unspecified atom stereocenters. The van der Waals surface area contributed by atoms with Crippen molar-refractivity contribution < 1.29 is 19.0 Å². The van der Waals surface area contributed by atoms with Crippen LogP contribution in [0.5, 0.6) is 11.5 Å². The van der Waals surface area contributed by atoms with Crippen molar-refractivity contribution in [2.24, 2.45) is 4.99 Å². The maximum absolute atomic E-state index is 13.9. The maximum atomic E-state index is 13.9. The van der Waals surface area contributed by atoms with Crippen molar-refractivity contribution >= 4 is 57.6 Å². The second kappa shape index (κ2) is 12.6. The Kier molecular flexibility index (Phi) is 8.96. The van der Waals surface area contributed by atoms with Crippen LogP contribution < -0.4 is 24.4 Å². The molecule has 7 nitrogen and oxygen atoms in total. The molecule has 2 heterocycles. The van der Waals surface area contributed by atoms with Crippen LogP contribution in [0.4, 0.5) is 0 Å². The lowest BCUT2D eigenvalue weighted by Crippen LogP contribution is -2.40. The molecule has 1 atom stereocenters. The van der Waals surface area contributed by atoms with E-state index in [4.69, 9.17) is 30.8 Å². The van der Waals surface area contributed by atoms with E-state index in [1.807, 2.05) is 79.7 Å². The smallest absolute Gasteiger partial charge is 0.338 e. The van der Waals surface area contributed by atoms with Gasteiger partial charge in [-0.2, -0.15) is 0 Å². The first-order chi connectivity index (χ1) is 19.9. The Hall–Kier alpha value is -3.41. The number of carbonyl (C=O) groups excluding carboxylic acids is 1. The molecular weight excluding hydrogens is 675 g/mol. The minimum Gasteiger partial charge on any atom is -0.493 e. The zero-order valence-electron chi connectivity index (χ0n) is 22.5. The van der Waals surface area contributed by atoms with Gasteiger partial charge in [0, 0.05) is 10.6 Å². The van der Waals surface area contributed by atoms with E-state index in [-0.39, 0.29) is 12.2 Å². The van der Waals surface area contributed by atoms with E-state index in [1.165, 1.54) is 18.4 Å². The second-order valence-electron chi connectivity index (χ2n) is 9.11. The van der Waals surface area contributed by atoms with Gasteiger partial charge in [-0.3, -0.25) is 9.36 Å². The van der Waals surface area contributed by atoms with Crippen molar-refractivity contribution in [1.29, 1.82) is 0 Å². The predicted molar refractivity (Wildman–Crippen MR) is 168 cm³/mol. The largest absolute Gasteiger partial charge is 0.493 e. The van der Waals surface area contributed by atoms with Gasteiger partial charge in [-0.1, -0.05) is 78.4 Å². The summed E-state index contributed by atoms with van der Waals surface area (Å²) in [6.45, 7) is 2.22. The Labute approximate surface area is 259 Å². The Morgan fingerprint density at radius 2 is 1.85 bits per heavy atom. The molecule has 0 radical (unpaired) electrons. The summed E-state index contributed by atoms with van der Waals surface area (Å²) in [4.78, 5) is 32.1. The van der Waals surface area contributed by atoms with Crippen LogP contribution in [0.1, 0.15) is 36.1 Å². The van der Waals surface area contributed by atoms with Crippen molar-refractivity contribution in [2.75, 3.05) is 14.2 Å². The van der Waals surface area contributed by atoms with Gasteiger partial charge in [0.25, 0.3) is 5.56 Å². The fourth-order valence-corrected chi connectivity index (χ4v) is 6.69. The highest BCUT2D eigenvalue weighted by atomic mass is 127. The lowest BCUT2D eigenvalue weighted by atomic mass is 9.95. The van der Waals surface area contributed by atoms with E-state index < -0.39 is 12.0 Å². The Morgan fingerprint density at radius 3 is 2.54 bits per heavy atom. The summed E-state index contributed by atoms with van der Waals surface area (Å²) in [7, 11) is 2.92. The molecule has 1 aromatic heterocycles. The Morgan fingerprint density at radius 1 is 1.12 bits per heavy atom. The summed E-state index contributed by atoms with van der Waals surface area (Å²) in [5.74, 6) is 0.623. The van der Waals surface area contributed by atoms with Crippen LogP contribution >= 0.6 is 45.5 Å². The van der Waals surface area contributed by atoms with Crippen LogP contribution in [0, 0.1) is 3.57 Å². The van der Waals surface area contributed by atoms with Crippen molar-refractivity contribution in [1.82, 2.24) is 4.57 Å². The first-order valence-electron chi connectivity index (χ1n) is 12.8. The average molecular weight is 701 g/mol. The quantitative estimate of drug-likeness (QED) is 0.176. The SMILES string of the molecule is CCC1=C(C(=O)OC)[C@@H](c2ccccc2)n2c(s/c(=C\c3cc(I)c(OCc4ccccc4Cl)c(OC)c3)c2=O)=N1. The van der Waals surface area contributed by atoms with Gasteiger partial charge in [0.05, 0.1) is 39.6 Å². The number of nitrogens with zero attached hydrogens (tertiary/aromatic N) is 2. The molecule has 0 aliphatic carbocycles. The van der Waals surface area contributed by atoms with Crippen LogP contribution in [0.2, 0.25) is 5.02 Å². The normalized spacial score (nSPS) is 14.9. The molecule has 3 aromatic carbocycles. The molecule has 0 saturated carbocycles. The van der Waals surface area contributed by atoms with Crippen molar-refractivity contribution in [3.63, 3.8) is 0 Å². The summed E-state index contributed by atoms with van der Waals surface area (Å²) in [6.07, 6.45) is 2.33. The number of carbonyl (C=O) groups is 1. The molecule has 0 N–H and O–H groups in total. The maximum Gasteiger partial charge on any atom is 0.338 e. The lowest BCUT2D eigenvalue weighted by molar-refractivity contribution is -0.136. The van der Waals surface area contributed by atoms with E-state index in [2.05, 4.69) is 22.6 Å². The monoisotopic (exact) mass is 700 g/mol. The number of ether oxygens (including phenoxy) is 3. The third-order valence-corrected chi connectivity index (χ3v) is 8.80. The number of rotatable bonds is 8. The fraction of sp³-hybridized carbons (Fsp3) is 0.194. The van der Waals surface area contributed by atoms with Crippen LogP contribution in [0.25, 0.3) is 6.08 Å². The molecule has 0 bridgehead atoms. The highest BCUT2D eigenvalue weighted by Crippen LogP contribution is 2.35. The number of hydrogen-bond acceptors (Lipinski definition) is 7. The third-order valence-electron chi connectivity index (χ3n) is 6.64. The van der Waals surface area contributed by atoms with Gasteiger partial charge in [0.1, 0.15) is 6.61 Å². The average Bonchev–Trinajstić information content (AvgIpc) is 3.30. The summed E-state index contributed by atoms with van der Waals surface area (Å²) in [6, 6.07) is 20.1. The number of esters is 1. The van der Waals surface area contributed by atoms with Gasteiger partial charge in [-0.25, -0.2) is 9.79 Å². The number of fused-ring (bicyclic) bond motifs is 1. The molecule has 0 spiro atoms. The number of thiazole rings is 1. The number of halogens is 2. The minimum absolute atomic E-state index is 0.243. The summed E-state index contributed by atoms with van der Waals surface area (Å²) < 4.78 is 19.8. The zero-order valence-corrected chi connectivity index (χ0v) is 26.2. The third kappa shape index (κ3) is 5.84. The fourth-order valence-electron chi connectivity index (χ4n) is 4.69. The van der Waals surface area contributed by atoms with Crippen LogP contribution in [0.15, 0.2) is 87.8 Å². The Bertz CT molecular complexity index is 1830.